The Kier molecular flexibility index (Phi) is 4.18. The summed E-state index contributed by atoms with van der Waals surface area (Å²) in [6.45, 7) is -0.0835. The molecule has 2 aromatic carbocycles. The number of fused-ring (bicyclic) bond motifs is 1. The van der Waals surface area contributed by atoms with Crippen LogP contribution in [-0.4, -0.2) is 27.5 Å². The lowest BCUT2D eigenvalue weighted by molar-refractivity contribution is 0.0687. The zero-order chi connectivity index (χ0) is 18.0. The Morgan fingerprint density at radius 2 is 2.00 bits per heavy atom. The average Bonchev–Trinajstić information content (AvgIpc) is 2.61. The van der Waals surface area contributed by atoms with Gasteiger partial charge in [-0.25, -0.2) is 13.9 Å². The Hall–Kier alpha value is -3.66. The van der Waals surface area contributed by atoms with E-state index in [2.05, 4.69) is 11.0 Å². The molecule has 0 bridgehead atoms. The van der Waals surface area contributed by atoms with E-state index in [0.717, 1.165) is 0 Å². The van der Waals surface area contributed by atoms with Gasteiger partial charge in [0.15, 0.2) is 0 Å². The van der Waals surface area contributed by atoms with E-state index < -0.39 is 22.9 Å². The highest BCUT2D eigenvalue weighted by Gasteiger charge is 2.20. The van der Waals surface area contributed by atoms with Crippen LogP contribution in [0.2, 0.25) is 0 Å². The quantitative estimate of drug-likeness (QED) is 0.738. The second kappa shape index (κ2) is 6.45. The van der Waals surface area contributed by atoms with Crippen LogP contribution in [-0.2, 0) is 0 Å². The minimum Gasteiger partial charge on any atom is -0.480 e. The maximum absolute atomic E-state index is 13.2. The molecule has 0 atom stereocenters. The molecule has 124 valence electrons. The number of carbonyl (C=O) groups is 1. The molecule has 0 spiro atoms. The van der Waals surface area contributed by atoms with E-state index in [9.17, 15) is 19.1 Å². The van der Waals surface area contributed by atoms with Gasteiger partial charge in [0.2, 0.25) is 11.1 Å². The molecule has 0 saturated carbocycles. The van der Waals surface area contributed by atoms with Crippen LogP contribution in [0, 0.1) is 18.2 Å². The first-order valence-electron chi connectivity index (χ1n) is 7.14. The highest BCUT2D eigenvalue weighted by Crippen LogP contribution is 2.24. The van der Waals surface area contributed by atoms with E-state index in [0.29, 0.717) is 11.2 Å². The summed E-state index contributed by atoms with van der Waals surface area (Å²) in [5.74, 6) is 0.509. The SMILES string of the molecule is C#CCOc1cccc2c1c(=O)c(C(=O)O)nn2-c1ccc(F)cc1. The number of rotatable bonds is 4. The number of hydrogen-bond acceptors (Lipinski definition) is 4. The molecular weight excluding hydrogens is 327 g/mol. The molecule has 0 fully saturated rings. The normalized spacial score (nSPS) is 10.4. The van der Waals surface area contributed by atoms with Crippen molar-refractivity contribution in [3.05, 3.63) is 64.2 Å². The maximum atomic E-state index is 13.2. The number of aromatic nitrogens is 2. The van der Waals surface area contributed by atoms with Crippen molar-refractivity contribution in [1.82, 2.24) is 9.78 Å². The lowest BCUT2D eigenvalue weighted by atomic mass is 10.1. The van der Waals surface area contributed by atoms with E-state index in [1.807, 2.05) is 0 Å². The largest absolute Gasteiger partial charge is 0.480 e. The second-order valence-corrected chi connectivity index (χ2v) is 5.01. The Balaban J connectivity index is 2.39. The monoisotopic (exact) mass is 338 g/mol. The minimum absolute atomic E-state index is 0.0366. The summed E-state index contributed by atoms with van der Waals surface area (Å²) in [5.41, 5.74) is -0.749. The van der Waals surface area contributed by atoms with Gasteiger partial charge in [0, 0.05) is 0 Å². The molecule has 0 aliphatic heterocycles. The average molecular weight is 338 g/mol. The number of terminal acetylenes is 1. The number of aromatic carboxylic acids is 1. The Morgan fingerprint density at radius 3 is 2.64 bits per heavy atom. The topological polar surface area (TPSA) is 81.4 Å². The van der Waals surface area contributed by atoms with Crippen LogP contribution in [0.5, 0.6) is 5.75 Å². The number of ether oxygens (including phenoxy) is 1. The van der Waals surface area contributed by atoms with Gasteiger partial charge in [0.25, 0.3) is 0 Å². The lowest BCUT2D eigenvalue weighted by Gasteiger charge is -2.13. The first kappa shape index (κ1) is 16.2. The third kappa shape index (κ3) is 2.93. The molecule has 3 rings (SSSR count). The third-order valence-electron chi connectivity index (χ3n) is 3.46. The number of hydrogen-bond donors (Lipinski definition) is 1. The molecule has 0 radical (unpaired) electrons. The number of carboxylic acid groups (broad SMARTS) is 1. The van der Waals surface area contributed by atoms with Crippen LogP contribution in [0.3, 0.4) is 0 Å². The van der Waals surface area contributed by atoms with Gasteiger partial charge in [-0.2, -0.15) is 5.10 Å². The van der Waals surface area contributed by atoms with E-state index >= 15 is 0 Å². The van der Waals surface area contributed by atoms with Crippen molar-refractivity contribution in [2.45, 2.75) is 0 Å². The molecular formula is C18H11FN2O4. The second-order valence-electron chi connectivity index (χ2n) is 5.01. The zero-order valence-corrected chi connectivity index (χ0v) is 12.8. The van der Waals surface area contributed by atoms with Gasteiger partial charge < -0.3 is 9.84 Å². The summed E-state index contributed by atoms with van der Waals surface area (Å²) in [6.07, 6.45) is 5.17. The van der Waals surface area contributed by atoms with Crippen molar-refractivity contribution in [3.63, 3.8) is 0 Å². The fraction of sp³-hybridized carbons (Fsp3) is 0.0556. The van der Waals surface area contributed by atoms with Crippen molar-refractivity contribution < 1.29 is 19.0 Å². The summed E-state index contributed by atoms with van der Waals surface area (Å²) in [4.78, 5) is 24.0. The molecule has 6 nitrogen and oxygen atoms in total. The van der Waals surface area contributed by atoms with Crippen molar-refractivity contribution in [2.24, 2.45) is 0 Å². The van der Waals surface area contributed by atoms with Crippen molar-refractivity contribution in [2.75, 3.05) is 6.61 Å². The Morgan fingerprint density at radius 1 is 1.28 bits per heavy atom. The first-order valence-corrected chi connectivity index (χ1v) is 7.14. The summed E-state index contributed by atoms with van der Waals surface area (Å²) in [6, 6.07) is 9.98. The molecule has 0 unspecified atom stereocenters. The minimum atomic E-state index is -1.48. The molecule has 1 N–H and O–H groups in total. The number of halogens is 1. The molecule has 3 aromatic rings. The van der Waals surface area contributed by atoms with Crippen molar-refractivity contribution >= 4 is 16.9 Å². The van der Waals surface area contributed by atoms with Gasteiger partial charge >= 0.3 is 5.97 Å². The van der Waals surface area contributed by atoms with Gasteiger partial charge in [-0.3, -0.25) is 4.79 Å². The molecule has 0 aliphatic carbocycles. The van der Waals surface area contributed by atoms with Gasteiger partial charge in [-0.05, 0) is 36.4 Å². The number of benzene rings is 2. The predicted octanol–water partition coefficient (Wildman–Crippen LogP) is 2.24. The van der Waals surface area contributed by atoms with Gasteiger partial charge in [-0.15, -0.1) is 6.42 Å². The summed E-state index contributed by atoms with van der Waals surface area (Å²) >= 11 is 0. The fourth-order valence-corrected chi connectivity index (χ4v) is 2.40. The lowest BCUT2D eigenvalue weighted by Crippen LogP contribution is -2.23. The molecule has 1 aromatic heterocycles. The standard InChI is InChI=1S/C18H11FN2O4/c1-2-10-25-14-5-3-4-13-15(14)17(22)16(18(23)24)20-21(13)12-8-6-11(19)7-9-12/h1,3-9H,10H2,(H,23,24). The fourth-order valence-electron chi connectivity index (χ4n) is 2.40. The summed E-state index contributed by atoms with van der Waals surface area (Å²) < 4.78 is 19.8. The highest BCUT2D eigenvalue weighted by molar-refractivity contribution is 5.93. The van der Waals surface area contributed by atoms with Crippen molar-refractivity contribution in [1.29, 1.82) is 0 Å². The molecule has 0 amide bonds. The van der Waals surface area contributed by atoms with Gasteiger partial charge in [0.1, 0.15) is 18.2 Å². The van der Waals surface area contributed by atoms with E-state index in [4.69, 9.17) is 11.2 Å². The highest BCUT2D eigenvalue weighted by atomic mass is 19.1. The number of carboxylic acids is 1. The van der Waals surface area contributed by atoms with E-state index in [1.165, 1.54) is 35.0 Å². The van der Waals surface area contributed by atoms with Gasteiger partial charge in [0.05, 0.1) is 16.6 Å². The van der Waals surface area contributed by atoms with Crippen LogP contribution in [0.25, 0.3) is 16.6 Å². The third-order valence-corrected chi connectivity index (χ3v) is 3.46. The zero-order valence-electron chi connectivity index (χ0n) is 12.8. The molecule has 0 saturated heterocycles. The van der Waals surface area contributed by atoms with Crippen molar-refractivity contribution in [3.8, 4) is 23.8 Å². The Bertz CT molecular complexity index is 1070. The smallest absolute Gasteiger partial charge is 0.360 e. The predicted molar refractivity (Wildman–Crippen MR) is 88.6 cm³/mol. The molecule has 0 aliphatic rings. The Labute approximate surface area is 141 Å². The van der Waals surface area contributed by atoms with Crippen LogP contribution in [0.4, 0.5) is 4.39 Å². The van der Waals surface area contributed by atoms with Crippen LogP contribution in [0.15, 0.2) is 47.3 Å². The summed E-state index contributed by atoms with van der Waals surface area (Å²) in [7, 11) is 0. The van der Waals surface area contributed by atoms with Crippen LogP contribution >= 0.6 is 0 Å². The van der Waals surface area contributed by atoms with E-state index in [1.54, 1.807) is 12.1 Å². The molecule has 1 heterocycles. The van der Waals surface area contributed by atoms with Crippen LogP contribution < -0.4 is 10.2 Å². The van der Waals surface area contributed by atoms with Gasteiger partial charge in [-0.1, -0.05) is 12.0 Å². The van der Waals surface area contributed by atoms with E-state index in [-0.39, 0.29) is 17.7 Å². The summed E-state index contributed by atoms with van der Waals surface area (Å²) in [5, 5.41) is 13.2. The molecule has 7 heteroatoms. The van der Waals surface area contributed by atoms with Crippen LogP contribution in [0.1, 0.15) is 10.5 Å². The molecule has 25 heavy (non-hydrogen) atoms. The maximum Gasteiger partial charge on any atom is 0.360 e. The number of nitrogens with zero attached hydrogens (tertiary/aromatic N) is 2. The first-order chi connectivity index (χ1) is 12.0.